The molecule has 0 bridgehead atoms. The fraction of sp³-hybridized carbons (Fsp3) is 0.176. The first kappa shape index (κ1) is 11.1. The van der Waals surface area contributed by atoms with Crippen molar-refractivity contribution in [2.24, 2.45) is 7.05 Å². The van der Waals surface area contributed by atoms with Crippen LogP contribution in [0.2, 0.25) is 0 Å². The Labute approximate surface area is 108 Å². The summed E-state index contributed by atoms with van der Waals surface area (Å²) in [5.41, 5.74) is 5.26. The van der Waals surface area contributed by atoms with Crippen LogP contribution >= 0.6 is 0 Å². The van der Waals surface area contributed by atoms with Gasteiger partial charge in [-0.2, -0.15) is 0 Å². The number of aryl methyl sites for hydroxylation is 1. The second kappa shape index (κ2) is 4.02. The van der Waals surface area contributed by atoms with Gasteiger partial charge in [0.2, 0.25) is 0 Å². The summed E-state index contributed by atoms with van der Waals surface area (Å²) in [5.74, 6) is 0. The van der Waals surface area contributed by atoms with Crippen LogP contribution in [0, 0.1) is 13.8 Å². The molecule has 1 heterocycles. The molecule has 0 atom stereocenters. The number of fused-ring (bicyclic) bond motifs is 1. The van der Waals surface area contributed by atoms with Gasteiger partial charge >= 0.3 is 0 Å². The molecule has 0 aliphatic rings. The average Bonchev–Trinajstić information content (AvgIpc) is 2.66. The highest BCUT2D eigenvalue weighted by molar-refractivity contribution is 5.87. The molecule has 0 aliphatic heterocycles. The Hall–Kier alpha value is -2.02. The number of hydrogen-bond donors (Lipinski definition) is 0. The summed E-state index contributed by atoms with van der Waals surface area (Å²) < 4.78 is 2.24. The van der Waals surface area contributed by atoms with E-state index < -0.39 is 0 Å². The first-order chi connectivity index (χ1) is 8.66. The molecule has 1 nitrogen and oxygen atoms in total. The third kappa shape index (κ3) is 1.63. The summed E-state index contributed by atoms with van der Waals surface area (Å²) in [6.07, 6.45) is 0. The maximum atomic E-state index is 2.27. The largest absolute Gasteiger partial charge is 0.352 e. The van der Waals surface area contributed by atoms with Gasteiger partial charge in [0.1, 0.15) is 0 Å². The Balaban J connectivity index is 2.22. The van der Waals surface area contributed by atoms with Gasteiger partial charge in [-0.1, -0.05) is 36.4 Å². The second-order valence-corrected chi connectivity index (χ2v) is 4.91. The highest BCUT2D eigenvalue weighted by atomic mass is 14.9. The molecular formula is C17H17N. The molecule has 0 spiro atoms. The monoisotopic (exact) mass is 235 g/mol. The van der Waals surface area contributed by atoms with Crippen LogP contribution in [-0.2, 0) is 7.05 Å². The Kier molecular flexibility index (Phi) is 2.48. The minimum atomic E-state index is 1.30. The van der Waals surface area contributed by atoms with Crippen LogP contribution in [0.1, 0.15) is 11.4 Å². The van der Waals surface area contributed by atoms with Crippen LogP contribution in [0.15, 0.2) is 48.5 Å². The van der Waals surface area contributed by atoms with Crippen LogP contribution in [0.5, 0.6) is 0 Å². The molecule has 0 N–H and O–H groups in total. The molecule has 1 aromatic heterocycles. The summed E-state index contributed by atoms with van der Waals surface area (Å²) >= 11 is 0. The zero-order chi connectivity index (χ0) is 12.7. The van der Waals surface area contributed by atoms with E-state index in [2.05, 4.69) is 74.0 Å². The molecule has 18 heavy (non-hydrogen) atoms. The SMILES string of the molecule is Cc1cc(-c2ccc3ccccc3c2)c(C)n1C. The average molecular weight is 235 g/mol. The maximum Gasteiger partial charge on any atom is 0.0221 e. The van der Waals surface area contributed by atoms with E-state index in [1.165, 1.54) is 33.3 Å². The molecular weight excluding hydrogens is 218 g/mol. The molecule has 0 unspecified atom stereocenters. The molecule has 3 aromatic rings. The third-order valence-electron chi connectivity index (χ3n) is 3.84. The number of rotatable bonds is 1. The smallest absolute Gasteiger partial charge is 0.0221 e. The minimum absolute atomic E-state index is 1.30. The molecule has 0 aliphatic carbocycles. The van der Waals surface area contributed by atoms with Gasteiger partial charge in [0.25, 0.3) is 0 Å². The molecule has 0 amide bonds. The highest BCUT2D eigenvalue weighted by Crippen LogP contribution is 2.28. The van der Waals surface area contributed by atoms with E-state index in [9.17, 15) is 0 Å². The summed E-state index contributed by atoms with van der Waals surface area (Å²) in [6, 6.07) is 17.5. The molecule has 3 rings (SSSR count). The van der Waals surface area contributed by atoms with Crippen molar-refractivity contribution in [1.82, 2.24) is 4.57 Å². The lowest BCUT2D eigenvalue weighted by molar-refractivity contribution is 0.845. The Morgan fingerprint density at radius 1 is 0.833 bits per heavy atom. The Bertz CT molecular complexity index is 720. The van der Waals surface area contributed by atoms with Crippen LogP contribution in [0.3, 0.4) is 0 Å². The molecule has 0 saturated carbocycles. The van der Waals surface area contributed by atoms with E-state index in [4.69, 9.17) is 0 Å². The standard InChI is InChI=1S/C17H17N/c1-12-10-17(13(2)18(12)3)16-9-8-14-6-4-5-7-15(14)11-16/h4-11H,1-3H3. The van der Waals surface area contributed by atoms with Gasteiger partial charge in [0.05, 0.1) is 0 Å². The topological polar surface area (TPSA) is 4.93 Å². The van der Waals surface area contributed by atoms with Crippen molar-refractivity contribution in [2.75, 3.05) is 0 Å². The molecule has 1 heteroatoms. The van der Waals surface area contributed by atoms with Gasteiger partial charge < -0.3 is 4.57 Å². The van der Waals surface area contributed by atoms with Crippen molar-refractivity contribution in [2.45, 2.75) is 13.8 Å². The summed E-state index contributed by atoms with van der Waals surface area (Å²) in [6.45, 7) is 4.33. The van der Waals surface area contributed by atoms with Crippen LogP contribution in [-0.4, -0.2) is 4.57 Å². The van der Waals surface area contributed by atoms with Crippen molar-refractivity contribution >= 4 is 10.8 Å². The van der Waals surface area contributed by atoms with E-state index in [0.717, 1.165) is 0 Å². The first-order valence-corrected chi connectivity index (χ1v) is 6.29. The minimum Gasteiger partial charge on any atom is -0.352 e. The zero-order valence-corrected chi connectivity index (χ0v) is 11.1. The molecule has 0 fully saturated rings. The first-order valence-electron chi connectivity index (χ1n) is 6.29. The van der Waals surface area contributed by atoms with E-state index >= 15 is 0 Å². The van der Waals surface area contributed by atoms with Crippen molar-refractivity contribution in [3.63, 3.8) is 0 Å². The number of nitrogens with zero attached hydrogens (tertiary/aromatic N) is 1. The molecule has 0 saturated heterocycles. The Morgan fingerprint density at radius 3 is 2.22 bits per heavy atom. The van der Waals surface area contributed by atoms with Crippen molar-refractivity contribution in [1.29, 1.82) is 0 Å². The van der Waals surface area contributed by atoms with E-state index in [-0.39, 0.29) is 0 Å². The van der Waals surface area contributed by atoms with Gasteiger partial charge in [-0.05, 0) is 42.3 Å². The summed E-state index contributed by atoms with van der Waals surface area (Å²) in [4.78, 5) is 0. The van der Waals surface area contributed by atoms with E-state index in [0.29, 0.717) is 0 Å². The van der Waals surface area contributed by atoms with Crippen molar-refractivity contribution < 1.29 is 0 Å². The quantitative estimate of drug-likeness (QED) is 0.586. The van der Waals surface area contributed by atoms with Gasteiger partial charge in [-0.15, -0.1) is 0 Å². The fourth-order valence-electron chi connectivity index (χ4n) is 2.50. The lowest BCUT2D eigenvalue weighted by Crippen LogP contribution is -1.92. The molecule has 90 valence electrons. The van der Waals surface area contributed by atoms with Crippen LogP contribution < -0.4 is 0 Å². The Morgan fingerprint density at radius 2 is 1.56 bits per heavy atom. The normalized spacial score (nSPS) is 11.1. The molecule has 0 radical (unpaired) electrons. The molecule has 2 aromatic carbocycles. The summed E-state index contributed by atoms with van der Waals surface area (Å²) in [7, 11) is 2.12. The van der Waals surface area contributed by atoms with Crippen LogP contribution in [0.25, 0.3) is 21.9 Å². The maximum absolute atomic E-state index is 2.27. The van der Waals surface area contributed by atoms with Gasteiger partial charge in [-0.25, -0.2) is 0 Å². The van der Waals surface area contributed by atoms with Crippen molar-refractivity contribution in [3.8, 4) is 11.1 Å². The second-order valence-electron chi connectivity index (χ2n) is 4.91. The van der Waals surface area contributed by atoms with E-state index in [1.54, 1.807) is 0 Å². The lowest BCUT2D eigenvalue weighted by Gasteiger charge is -2.05. The number of benzene rings is 2. The fourth-order valence-corrected chi connectivity index (χ4v) is 2.50. The van der Waals surface area contributed by atoms with Crippen LogP contribution in [0.4, 0.5) is 0 Å². The van der Waals surface area contributed by atoms with Gasteiger partial charge in [0.15, 0.2) is 0 Å². The van der Waals surface area contributed by atoms with E-state index in [1.807, 2.05) is 0 Å². The zero-order valence-electron chi connectivity index (χ0n) is 11.1. The number of aromatic nitrogens is 1. The third-order valence-corrected chi connectivity index (χ3v) is 3.84. The predicted molar refractivity (Wildman–Crippen MR) is 77.8 cm³/mol. The number of hydrogen-bond acceptors (Lipinski definition) is 0. The highest BCUT2D eigenvalue weighted by Gasteiger charge is 2.08. The summed E-state index contributed by atoms with van der Waals surface area (Å²) in [5, 5.41) is 2.60. The van der Waals surface area contributed by atoms with Gasteiger partial charge in [0, 0.05) is 24.0 Å². The predicted octanol–water partition coefficient (Wildman–Crippen LogP) is 4.46. The van der Waals surface area contributed by atoms with Crippen molar-refractivity contribution in [3.05, 3.63) is 59.9 Å². The van der Waals surface area contributed by atoms with Gasteiger partial charge in [-0.3, -0.25) is 0 Å². The lowest BCUT2D eigenvalue weighted by atomic mass is 10.0.